The minimum Gasteiger partial charge on any atom is -0.545 e. The van der Waals surface area contributed by atoms with E-state index in [4.69, 9.17) is 18.9 Å². The Balaban J connectivity index is 4.26. The second kappa shape index (κ2) is 66.1. The van der Waals surface area contributed by atoms with Crippen molar-refractivity contribution in [1.82, 2.24) is 0 Å². The standard InChI is InChI=1S/C78H121NO8/c1-6-8-10-12-14-16-18-20-22-24-26-28-30-31-32-33-34-35-36-37-38-39-40-41-42-43-44-45-47-49-51-53-55-57-59-61-63-65-67-69-76(81)87-74(73-86-78(77(82)83)84-71-70-79(3,4)5)72-85-75(80)68-66-64-62-60-58-56-54-52-50-48-46-29-27-25-23-21-19-17-15-13-11-9-7-2/h8-11,14-17,20-23,26-29,31-32,34-35,37-38,40-41,43-44,48,50,54,56,60,62,74,78H,6-7,12-13,18-19,24-25,30,33,36,39,42,45-47,49,51-53,55,57-59,61,63-73H2,1-5H3/b10-8-,11-9-,16-14-,17-15-,22-20-,23-21-,28-26-,29-27-,32-31-,35-34-,38-37-,41-40-,44-43-,50-48-,56-54-,62-60-. The molecule has 87 heavy (non-hydrogen) atoms. The van der Waals surface area contributed by atoms with E-state index in [9.17, 15) is 19.5 Å². The fraction of sp³-hybridized carbons (Fsp3) is 0.551. The number of carbonyl (C=O) groups is 3. The van der Waals surface area contributed by atoms with Gasteiger partial charge in [-0.15, -0.1) is 0 Å². The zero-order chi connectivity index (χ0) is 63.3. The number of carbonyl (C=O) groups excluding carboxylic acids is 3. The highest BCUT2D eigenvalue weighted by atomic mass is 16.7. The molecule has 0 N–H and O–H groups in total. The SMILES string of the molecule is CC/C=C\C/C=C\C/C=C\C/C=C\C/C=C\C/C=C\C/C=C\C/C=C\C/C=C\CCCCCCCCCCCCCC(=O)OC(COC(=O)CCC/C=C\C/C=C\C/C=C\C/C=C\C/C=C\C/C=C\C/C=C\CC)COC(OCC[N+](C)(C)C)C(=O)[O-]. The topological polar surface area (TPSA) is 111 Å². The molecular weight excluding hydrogens is 1080 g/mol. The van der Waals surface area contributed by atoms with Gasteiger partial charge in [0, 0.05) is 12.8 Å². The highest BCUT2D eigenvalue weighted by Crippen LogP contribution is 2.14. The molecule has 0 aromatic heterocycles. The van der Waals surface area contributed by atoms with Gasteiger partial charge in [0.05, 0.1) is 40.3 Å². The Morgan fingerprint density at radius 2 is 0.632 bits per heavy atom. The highest BCUT2D eigenvalue weighted by molar-refractivity contribution is 5.70. The lowest BCUT2D eigenvalue weighted by atomic mass is 10.0. The molecule has 0 aliphatic heterocycles. The van der Waals surface area contributed by atoms with Gasteiger partial charge in [0.15, 0.2) is 12.4 Å². The molecule has 0 aliphatic rings. The Labute approximate surface area is 532 Å². The van der Waals surface area contributed by atoms with Gasteiger partial charge in [-0.05, 0) is 135 Å². The zero-order valence-electron chi connectivity index (χ0n) is 55.3. The molecule has 0 saturated heterocycles. The van der Waals surface area contributed by atoms with E-state index >= 15 is 0 Å². The zero-order valence-corrected chi connectivity index (χ0v) is 55.3. The molecule has 0 aromatic rings. The first-order chi connectivity index (χ1) is 42.6. The fourth-order valence-corrected chi connectivity index (χ4v) is 8.28. The van der Waals surface area contributed by atoms with Gasteiger partial charge in [0.25, 0.3) is 0 Å². The smallest absolute Gasteiger partial charge is 0.306 e. The number of unbranched alkanes of at least 4 members (excludes halogenated alkanes) is 12. The summed E-state index contributed by atoms with van der Waals surface area (Å²) in [5.41, 5.74) is 0. The summed E-state index contributed by atoms with van der Waals surface area (Å²) >= 11 is 0. The van der Waals surface area contributed by atoms with Crippen LogP contribution in [0.25, 0.3) is 0 Å². The number of allylic oxidation sites excluding steroid dienone is 32. The summed E-state index contributed by atoms with van der Waals surface area (Å²) < 4.78 is 22.7. The second-order valence-corrected chi connectivity index (χ2v) is 22.6. The third-order valence-corrected chi connectivity index (χ3v) is 13.3. The Hall–Kier alpha value is -5.87. The van der Waals surface area contributed by atoms with Gasteiger partial charge in [-0.3, -0.25) is 9.59 Å². The van der Waals surface area contributed by atoms with Gasteiger partial charge in [0.1, 0.15) is 13.2 Å². The first kappa shape index (κ1) is 81.1. The maximum atomic E-state index is 12.9. The molecule has 0 aromatic carbocycles. The highest BCUT2D eigenvalue weighted by Gasteiger charge is 2.22. The van der Waals surface area contributed by atoms with E-state index < -0.39 is 30.3 Å². The lowest BCUT2D eigenvalue weighted by molar-refractivity contribution is -0.870. The van der Waals surface area contributed by atoms with Gasteiger partial charge < -0.3 is 33.3 Å². The minimum absolute atomic E-state index is 0.127. The largest absolute Gasteiger partial charge is 0.545 e. The predicted molar refractivity (Wildman–Crippen MR) is 370 cm³/mol. The van der Waals surface area contributed by atoms with Crippen LogP contribution in [0, 0.1) is 0 Å². The number of rotatable bonds is 59. The first-order valence-corrected chi connectivity index (χ1v) is 33.6. The lowest BCUT2D eigenvalue weighted by Crippen LogP contribution is -2.44. The average Bonchev–Trinajstić information content (AvgIpc) is 3.55. The molecule has 486 valence electrons. The van der Waals surface area contributed by atoms with Crippen molar-refractivity contribution in [1.29, 1.82) is 0 Å². The molecule has 0 bridgehead atoms. The van der Waals surface area contributed by atoms with Crippen molar-refractivity contribution in [3.8, 4) is 0 Å². The van der Waals surface area contributed by atoms with E-state index in [2.05, 4.69) is 208 Å². The average molecular weight is 1200 g/mol. The summed E-state index contributed by atoms with van der Waals surface area (Å²) in [5, 5.41) is 11.8. The second-order valence-electron chi connectivity index (χ2n) is 22.6. The molecule has 0 fully saturated rings. The summed E-state index contributed by atoms with van der Waals surface area (Å²) in [7, 11) is 5.89. The van der Waals surface area contributed by atoms with Crippen molar-refractivity contribution >= 4 is 17.9 Å². The van der Waals surface area contributed by atoms with Crippen LogP contribution in [0.1, 0.15) is 219 Å². The van der Waals surface area contributed by atoms with E-state index in [0.717, 1.165) is 135 Å². The molecule has 0 heterocycles. The molecule has 2 atom stereocenters. The molecule has 9 heteroatoms. The van der Waals surface area contributed by atoms with Crippen molar-refractivity contribution in [3.63, 3.8) is 0 Å². The summed E-state index contributed by atoms with van der Waals surface area (Å²) in [5.74, 6) is -2.39. The molecule has 9 nitrogen and oxygen atoms in total. The normalized spacial score (nSPS) is 14.0. The van der Waals surface area contributed by atoms with Crippen LogP contribution in [0.15, 0.2) is 194 Å². The number of likely N-dealkylation sites (N-methyl/N-ethyl adjacent to an activating group) is 1. The fourth-order valence-electron chi connectivity index (χ4n) is 8.28. The van der Waals surface area contributed by atoms with Crippen LogP contribution < -0.4 is 5.11 Å². The molecule has 0 radical (unpaired) electrons. The van der Waals surface area contributed by atoms with Gasteiger partial charge in [0.2, 0.25) is 0 Å². The van der Waals surface area contributed by atoms with Crippen molar-refractivity contribution in [2.75, 3.05) is 47.5 Å². The molecule has 0 spiro atoms. The first-order valence-electron chi connectivity index (χ1n) is 33.6. The van der Waals surface area contributed by atoms with Crippen LogP contribution in [0.4, 0.5) is 0 Å². The van der Waals surface area contributed by atoms with Gasteiger partial charge in [-0.1, -0.05) is 266 Å². The number of carboxylic acids is 1. The summed E-state index contributed by atoms with van der Waals surface area (Å²) in [6.07, 6.45) is 99.4. The van der Waals surface area contributed by atoms with Crippen LogP contribution in [0.3, 0.4) is 0 Å². The number of hydrogen-bond acceptors (Lipinski definition) is 8. The van der Waals surface area contributed by atoms with E-state index in [0.29, 0.717) is 23.9 Å². The molecule has 0 rings (SSSR count). The Morgan fingerprint density at radius 1 is 0.345 bits per heavy atom. The monoisotopic (exact) mass is 1200 g/mol. The van der Waals surface area contributed by atoms with E-state index in [1.165, 1.54) is 44.9 Å². The van der Waals surface area contributed by atoms with Crippen molar-refractivity contribution in [3.05, 3.63) is 194 Å². The van der Waals surface area contributed by atoms with Crippen molar-refractivity contribution in [2.45, 2.75) is 232 Å². The number of hydrogen-bond donors (Lipinski definition) is 0. The Kier molecular flexibility index (Phi) is 61.6. The van der Waals surface area contributed by atoms with Crippen LogP contribution >= 0.6 is 0 Å². The Bertz CT molecular complexity index is 2130. The van der Waals surface area contributed by atoms with Gasteiger partial charge in [-0.25, -0.2) is 0 Å². The van der Waals surface area contributed by atoms with Crippen molar-refractivity contribution < 1.29 is 42.9 Å². The number of ether oxygens (including phenoxy) is 4. The van der Waals surface area contributed by atoms with E-state index in [1.807, 2.05) is 21.1 Å². The quantitative estimate of drug-likeness (QED) is 0.0195. The van der Waals surface area contributed by atoms with E-state index in [1.54, 1.807) is 0 Å². The van der Waals surface area contributed by atoms with Crippen LogP contribution in [0.5, 0.6) is 0 Å². The molecule has 0 saturated carbocycles. The van der Waals surface area contributed by atoms with E-state index in [-0.39, 0.29) is 32.7 Å². The number of esters is 2. The third-order valence-electron chi connectivity index (χ3n) is 13.3. The molecule has 0 amide bonds. The Morgan fingerprint density at radius 3 is 0.954 bits per heavy atom. The predicted octanol–water partition coefficient (Wildman–Crippen LogP) is 19.7. The molecule has 2 unspecified atom stereocenters. The number of aliphatic carboxylic acids is 1. The molecular formula is C78H121NO8. The van der Waals surface area contributed by atoms with Crippen LogP contribution in [-0.2, 0) is 33.3 Å². The maximum Gasteiger partial charge on any atom is 0.306 e. The van der Waals surface area contributed by atoms with Gasteiger partial charge in [-0.2, -0.15) is 0 Å². The minimum atomic E-state index is -1.65. The van der Waals surface area contributed by atoms with Crippen LogP contribution in [-0.4, -0.2) is 82.3 Å². The summed E-state index contributed by atoms with van der Waals surface area (Å²) in [6, 6.07) is 0. The summed E-state index contributed by atoms with van der Waals surface area (Å²) in [6.45, 7) is 4.42. The lowest BCUT2D eigenvalue weighted by Gasteiger charge is -2.26. The number of carboxylic acid groups (broad SMARTS) is 1. The number of nitrogens with zero attached hydrogens (tertiary/aromatic N) is 1. The van der Waals surface area contributed by atoms with Crippen molar-refractivity contribution in [2.24, 2.45) is 0 Å². The van der Waals surface area contributed by atoms with Crippen LogP contribution in [0.2, 0.25) is 0 Å². The third kappa shape index (κ3) is 67.5. The number of quaternary nitrogens is 1. The summed E-state index contributed by atoms with van der Waals surface area (Å²) in [4.78, 5) is 37.4. The van der Waals surface area contributed by atoms with Gasteiger partial charge >= 0.3 is 11.9 Å². The maximum absolute atomic E-state index is 12.9. The molecule has 0 aliphatic carbocycles.